The molecule has 1 aliphatic rings. The van der Waals surface area contributed by atoms with E-state index < -0.39 is 11.4 Å². The predicted molar refractivity (Wildman–Crippen MR) is 102 cm³/mol. The van der Waals surface area contributed by atoms with Crippen molar-refractivity contribution in [2.75, 3.05) is 32.9 Å². The van der Waals surface area contributed by atoms with Crippen LogP contribution < -0.4 is 15.4 Å². The van der Waals surface area contributed by atoms with Crippen molar-refractivity contribution in [2.24, 2.45) is 5.41 Å². The van der Waals surface area contributed by atoms with Crippen molar-refractivity contribution in [3.05, 3.63) is 29.8 Å². The molecule has 0 saturated carbocycles. The average Bonchev–Trinajstić information content (AvgIpc) is 2.71. The quantitative estimate of drug-likeness (QED) is 0.521. The van der Waals surface area contributed by atoms with E-state index in [4.69, 9.17) is 9.47 Å². The highest BCUT2D eigenvalue weighted by Gasteiger charge is 2.40. The fourth-order valence-electron chi connectivity index (χ4n) is 3.07. The Morgan fingerprint density at radius 3 is 2.57 bits per heavy atom. The smallest absolute Gasteiger partial charge is 0.311 e. The molecule has 8 nitrogen and oxygen atoms in total. The zero-order valence-corrected chi connectivity index (χ0v) is 16.2. The molecule has 0 atom stereocenters. The molecule has 2 amide bonds. The number of hydrogen-bond acceptors (Lipinski definition) is 5. The first kappa shape index (κ1) is 21.7. The van der Waals surface area contributed by atoms with E-state index in [1.54, 1.807) is 24.3 Å². The summed E-state index contributed by atoms with van der Waals surface area (Å²) >= 11 is 0. The molecular weight excluding hydrogens is 364 g/mol. The van der Waals surface area contributed by atoms with Crippen LogP contribution >= 0.6 is 0 Å². The van der Waals surface area contributed by atoms with Gasteiger partial charge in [0.25, 0.3) is 5.91 Å². The fraction of sp³-hybridized carbons (Fsp3) is 0.550. The van der Waals surface area contributed by atoms with E-state index in [2.05, 4.69) is 10.6 Å². The van der Waals surface area contributed by atoms with Crippen LogP contribution in [0.1, 0.15) is 43.0 Å². The highest BCUT2D eigenvalue weighted by atomic mass is 16.5. The maximum absolute atomic E-state index is 12.3. The van der Waals surface area contributed by atoms with E-state index in [1.165, 1.54) is 0 Å². The monoisotopic (exact) mass is 392 g/mol. The van der Waals surface area contributed by atoms with Crippen LogP contribution in [-0.4, -0.2) is 55.8 Å². The number of rotatable bonds is 10. The van der Waals surface area contributed by atoms with Crippen LogP contribution in [0.2, 0.25) is 0 Å². The molecule has 0 aliphatic carbocycles. The lowest BCUT2D eigenvalue weighted by molar-refractivity contribution is -0.154. The number of hydrogen-bond donors (Lipinski definition) is 3. The maximum Gasteiger partial charge on any atom is 0.311 e. The van der Waals surface area contributed by atoms with E-state index in [0.29, 0.717) is 56.9 Å². The summed E-state index contributed by atoms with van der Waals surface area (Å²) in [5, 5.41) is 15.0. The average molecular weight is 392 g/mol. The second-order valence-electron chi connectivity index (χ2n) is 6.76. The molecule has 28 heavy (non-hydrogen) atoms. The van der Waals surface area contributed by atoms with Crippen molar-refractivity contribution in [1.82, 2.24) is 10.6 Å². The van der Waals surface area contributed by atoms with Gasteiger partial charge in [-0.05, 0) is 38.3 Å². The van der Waals surface area contributed by atoms with Gasteiger partial charge in [-0.1, -0.05) is 12.1 Å². The van der Waals surface area contributed by atoms with Crippen LogP contribution in [0.5, 0.6) is 5.75 Å². The van der Waals surface area contributed by atoms with Gasteiger partial charge in [-0.15, -0.1) is 0 Å². The van der Waals surface area contributed by atoms with E-state index in [0.717, 1.165) is 0 Å². The Hall–Kier alpha value is -2.61. The summed E-state index contributed by atoms with van der Waals surface area (Å²) in [7, 11) is 0. The van der Waals surface area contributed by atoms with Crippen molar-refractivity contribution in [1.29, 1.82) is 0 Å². The Kier molecular flexibility index (Phi) is 8.25. The SMILES string of the molecule is CCOc1ccccc1C(=O)NCCCC(=O)NCC1(C(=O)O)CCOCC1. The number of carboxylic acids is 1. The Morgan fingerprint density at radius 2 is 1.89 bits per heavy atom. The third kappa shape index (κ3) is 5.95. The number of para-hydroxylation sites is 1. The normalized spacial score (nSPS) is 15.5. The maximum atomic E-state index is 12.3. The number of ether oxygens (including phenoxy) is 2. The highest BCUT2D eigenvalue weighted by molar-refractivity contribution is 5.96. The van der Waals surface area contributed by atoms with E-state index >= 15 is 0 Å². The third-order valence-electron chi connectivity index (χ3n) is 4.83. The Bertz CT molecular complexity index is 685. The zero-order chi connectivity index (χ0) is 20.4. The molecule has 8 heteroatoms. The molecule has 0 unspecified atom stereocenters. The molecule has 3 N–H and O–H groups in total. The van der Waals surface area contributed by atoms with Gasteiger partial charge >= 0.3 is 5.97 Å². The van der Waals surface area contributed by atoms with Crippen molar-refractivity contribution in [3.8, 4) is 5.75 Å². The van der Waals surface area contributed by atoms with Crippen LogP contribution in [0, 0.1) is 5.41 Å². The molecule has 2 rings (SSSR count). The lowest BCUT2D eigenvalue weighted by Crippen LogP contribution is -2.46. The Labute approximate surface area is 164 Å². The molecule has 154 valence electrons. The molecule has 0 bridgehead atoms. The molecule has 1 heterocycles. The Balaban J connectivity index is 1.72. The summed E-state index contributed by atoms with van der Waals surface area (Å²) in [5.41, 5.74) is -0.498. The van der Waals surface area contributed by atoms with Crippen molar-refractivity contribution in [2.45, 2.75) is 32.6 Å². The highest BCUT2D eigenvalue weighted by Crippen LogP contribution is 2.30. The Morgan fingerprint density at radius 1 is 1.18 bits per heavy atom. The second-order valence-corrected chi connectivity index (χ2v) is 6.76. The molecule has 1 saturated heterocycles. The first-order chi connectivity index (χ1) is 13.5. The van der Waals surface area contributed by atoms with Gasteiger partial charge in [0.15, 0.2) is 0 Å². The minimum absolute atomic E-state index is 0.0959. The predicted octanol–water partition coefficient (Wildman–Crippen LogP) is 1.59. The molecule has 0 radical (unpaired) electrons. The first-order valence-corrected chi connectivity index (χ1v) is 9.56. The van der Waals surface area contributed by atoms with Gasteiger partial charge in [0.2, 0.25) is 5.91 Å². The zero-order valence-electron chi connectivity index (χ0n) is 16.2. The summed E-state index contributed by atoms with van der Waals surface area (Å²) in [6.07, 6.45) is 1.44. The summed E-state index contributed by atoms with van der Waals surface area (Å²) in [4.78, 5) is 35.9. The van der Waals surface area contributed by atoms with Gasteiger partial charge in [0.1, 0.15) is 5.75 Å². The van der Waals surface area contributed by atoms with Crippen LogP contribution in [-0.2, 0) is 14.3 Å². The van der Waals surface area contributed by atoms with Crippen LogP contribution in [0.3, 0.4) is 0 Å². The largest absolute Gasteiger partial charge is 0.493 e. The number of carbonyl (C=O) groups excluding carboxylic acids is 2. The standard InChI is InChI=1S/C20H28N2O6/c1-2-28-16-7-4-3-6-15(16)18(24)21-11-5-8-17(23)22-14-20(19(25)26)9-12-27-13-10-20/h3-4,6-7H,2,5,8-14H2,1H3,(H,21,24)(H,22,23)(H,25,26). The topological polar surface area (TPSA) is 114 Å². The molecule has 0 aromatic heterocycles. The lowest BCUT2D eigenvalue weighted by atomic mass is 9.80. The summed E-state index contributed by atoms with van der Waals surface area (Å²) in [5.74, 6) is -0.862. The van der Waals surface area contributed by atoms with Gasteiger partial charge in [-0.2, -0.15) is 0 Å². The van der Waals surface area contributed by atoms with E-state index in [-0.39, 0.29) is 24.8 Å². The number of benzene rings is 1. The van der Waals surface area contributed by atoms with Gasteiger partial charge in [-0.25, -0.2) is 0 Å². The van der Waals surface area contributed by atoms with Crippen LogP contribution in [0.25, 0.3) is 0 Å². The molecule has 1 aromatic rings. The molecule has 1 aromatic carbocycles. The van der Waals surface area contributed by atoms with Crippen molar-refractivity contribution >= 4 is 17.8 Å². The minimum Gasteiger partial charge on any atom is -0.493 e. The molecular formula is C20H28N2O6. The third-order valence-corrected chi connectivity index (χ3v) is 4.83. The number of amides is 2. The van der Waals surface area contributed by atoms with E-state index in [9.17, 15) is 19.5 Å². The number of nitrogens with one attached hydrogen (secondary N) is 2. The fourth-order valence-corrected chi connectivity index (χ4v) is 3.07. The van der Waals surface area contributed by atoms with Crippen LogP contribution in [0.15, 0.2) is 24.3 Å². The number of carboxylic acid groups (broad SMARTS) is 1. The first-order valence-electron chi connectivity index (χ1n) is 9.56. The minimum atomic E-state index is -0.953. The van der Waals surface area contributed by atoms with Gasteiger partial charge in [-0.3, -0.25) is 14.4 Å². The summed E-state index contributed by atoms with van der Waals surface area (Å²) in [6, 6.07) is 6.99. The van der Waals surface area contributed by atoms with E-state index in [1.807, 2.05) is 6.92 Å². The molecule has 1 aliphatic heterocycles. The second kappa shape index (κ2) is 10.7. The van der Waals surface area contributed by atoms with Gasteiger partial charge in [0, 0.05) is 32.7 Å². The van der Waals surface area contributed by atoms with Crippen molar-refractivity contribution in [3.63, 3.8) is 0 Å². The molecule has 0 spiro atoms. The van der Waals surface area contributed by atoms with Gasteiger partial charge < -0.3 is 25.2 Å². The van der Waals surface area contributed by atoms with Gasteiger partial charge in [0.05, 0.1) is 17.6 Å². The number of carbonyl (C=O) groups is 3. The lowest BCUT2D eigenvalue weighted by Gasteiger charge is -2.33. The number of aliphatic carboxylic acids is 1. The van der Waals surface area contributed by atoms with Crippen molar-refractivity contribution < 1.29 is 29.0 Å². The summed E-state index contributed by atoms with van der Waals surface area (Å²) in [6.45, 7) is 3.52. The molecule has 1 fully saturated rings. The summed E-state index contributed by atoms with van der Waals surface area (Å²) < 4.78 is 10.7. The van der Waals surface area contributed by atoms with Crippen LogP contribution in [0.4, 0.5) is 0 Å².